The van der Waals surface area contributed by atoms with E-state index in [9.17, 15) is 18.4 Å². The summed E-state index contributed by atoms with van der Waals surface area (Å²) in [7, 11) is 0. The molecule has 1 N–H and O–H groups in total. The summed E-state index contributed by atoms with van der Waals surface area (Å²) in [6, 6.07) is 11.4. The van der Waals surface area contributed by atoms with Crippen LogP contribution in [0.4, 0.5) is 19.0 Å². The van der Waals surface area contributed by atoms with Crippen molar-refractivity contribution in [3.05, 3.63) is 70.0 Å². The van der Waals surface area contributed by atoms with Crippen LogP contribution in [0.1, 0.15) is 40.7 Å². The molecule has 1 aliphatic heterocycles. The van der Waals surface area contributed by atoms with Crippen molar-refractivity contribution in [2.75, 3.05) is 18.4 Å². The SMILES string of the molecule is Cc1c(CN2CCC(Nc3ncnc4ccc(CC(F)(F)F)cc34)CC2)ccc2c1C=C(C#N)C2. The average Bonchev–Trinajstić information content (AvgIpc) is 3.26. The Kier molecular flexibility index (Phi) is 6.20. The fourth-order valence-corrected chi connectivity index (χ4v) is 5.09. The third-order valence-electron chi connectivity index (χ3n) is 6.99. The van der Waals surface area contributed by atoms with Gasteiger partial charge in [0.1, 0.15) is 12.1 Å². The molecule has 1 aromatic heterocycles. The summed E-state index contributed by atoms with van der Waals surface area (Å²) in [5.41, 5.74) is 6.59. The van der Waals surface area contributed by atoms with Crippen molar-refractivity contribution < 1.29 is 13.2 Å². The summed E-state index contributed by atoms with van der Waals surface area (Å²) in [5.74, 6) is 0.590. The van der Waals surface area contributed by atoms with Gasteiger partial charge < -0.3 is 5.32 Å². The van der Waals surface area contributed by atoms with Gasteiger partial charge in [-0.3, -0.25) is 4.90 Å². The summed E-state index contributed by atoms with van der Waals surface area (Å²) in [4.78, 5) is 11.0. The fourth-order valence-electron chi connectivity index (χ4n) is 5.09. The van der Waals surface area contributed by atoms with Gasteiger partial charge >= 0.3 is 6.18 Å². The van der Waals surface area contributed by atoms with Crippen molar-refractivity contribution in [1.82, 2.24) is 14.9 Å². The summed E-state index contributed by atoms with van der Waals surface area (Å²) in [6.07, 6.45) is 0.787. The van der Waals surface area contributed by atoms with Gasteiger partial charge in [-0.25, -0.2) is 9.97 Å². The first-order valence-electron chi connectivity index (χ1n) is 11.8. The molecule has 35 heavy (non-hydrogen) atoms. The van der Waals surface area contributed by atoms with Gasteiger partial charge in [-0.1, -0.05) is 18.2 Å². The number of piperidine rings is 1. The van der Waals surface area contributed by atoms with Crippen LogP contribution in [0.5, 0.6) is 0 Å². The Bertz CT molecular complexity index is 1330. The van der Waals surface area contributed by atoms with E-state index in [0.29, 0.717) is 16.7 Å². The number of nitrogens with one attached hydrogen (secondary N) is 1. The number of rotatable bonds is 5. The van der Waals surface area contributed by atoms with Gasteiger partial charge in [-0.05, 0) is 65.8 Å². The normalized spacial score (nSPS) is 16.7. The highest BCUT2D eigenvalue weighted by atomic mass is 19.4. The molecule has 0 amide bonds. The van der Waals surface area contributed by atoms with Gasteiger partial charge in [-0.15, -0.1) is 0 Å². The molecule has 2 aromatic carbocycles. The average molecular weight is 478 g/mol. The van der Waals surface area contributed by atoms with Crippen LogP contribution in [0.25, 0.3) is 17.0 Å². The molecule has 2 heterocycles. The highest BCUT2D eigenvalue weighted by molar-refractivity contribution is 5.89. The molecular formula is C27H26F3N5. The van der Waals surface area contributed by atoms with Crippen LogP contribution >= 0.6 is 0 Å². The molecule has 0 bridgehead atoms. The molecular weight excluding hydrogens is 451 g/mol. The number of nitriles is 1. The zero-order chi connectivity index (χ0) is 24.6. The monoisotopic (exact) mass is 477 g/mol. The number of alkyl halides is 3. The van der Waals surface area contributed by atoms with Gasteiger partial charge in [0, 0.05) is 43.1 Å². The molecule has 5 rings (SSSR count). The van der Waals surface area contributed by atoms with E-state index in [0.717, 1.165) is 44.5 Å². The van der Waals surface area contributed by atoms with Crippen LogP contribution in [0, 0.1) is 18.3 Å². The summed E-state index contributed by atoms with van der Waals surface area (Å²) >= 11 is 0. The first-order chi connectivity index (χ1) is 16.8. The number of fused-ring (bicyclic) bond motifs is 2. The van der Waals surface area contributed by atoms with Gasteiger partial charge in [0.15, 0.2) is 0 Å². The number of nitrogens with zero attached hydrogens (tertiary/aromatic N) is 4. The van der Waals surface area contributed by atoms with Crippen LogP contribution < -0.4 is 5.32 Å². The van der Waals surface area contributed by atoms with Crippen molar-refractivity contribution in [1.29, 1.82) is 5.26 Å². The van der Waals surface area contributed by atoms with Gasteiger partial charge in [0.2, 0.25) is 0 Å². The van der Waals surface area contributed by atoms with E-state index in [2.05, 4.69) is 45.3 Å². The number of aromatic nitrogens is 2. The maximum absolute atomic E-state index is 12.9. The van der Waals surface area contributed by atoms with Crippen LogP contribution in [0.2, 0.25) is 0 Å². The number of hydrogen-bond acceptors (Lipinski definition) is 5. The third kappa shape index (κ3) is 5.15. The lowest BCUT2D eigenvalue weighted by atomic mass is 9.97. The zero-order valence-electron chi connectivity index (χ0n) is 19.5. The standard InChI is InChI=1S/C27H26F3N5/c1-17-21(4-3-20-10-19(14-31)12-23(17)20)15-35-8-6-22(7-9-35)34-26-24-11-18(13-27(28,29)30)2-5-25(24)32-16-33-26/h2-5,11-12,16,22H,6-10,13,15H2,1H3,(H,32,33,34). The Labute approximate surface area is 202 Å². The molecule has 1 aliphatic carbocycles. The maximum Gasteiger partial charge on any atom is 0.393 e. The lowest BCUT2D eigenvalue weighted by molar-refractivity contribution is -0.127. The minimum Gasteiger partial charge on any atom is -0.367 e. The molecule has 0 radical (unpaired) electrons. The van der Waals surface area contributed by atoms with Gasteiger partial charge in [0.25, 0.3) is 0 Å². The van der Waals surface area contributed by atoms with Crippen molar-refractivity contribution >= 4 is 22.8 Å². The van der Waals surface area contributed by atoms with Crippen LogP contribution in [-0.2, 0) is 19.4 Å². The van der Waals surface area contributed by atoms with Crippen molar-refractivity contribution in [3.8, 4) is 6.07 Å². The van der Waals surface area contributed by atoms with Crippen LogP contribution in [0.15, 0.2) is 42.2 Å². The number of anilines is 1. The van der Waals surface area contributed by atoms with E-state index in [-0.39, 0.29) is 11.6 Å². The number of likely N-dealkylation sites (tertiary alicyclic amines) is 1. The van der Waals surface area contributed by atoms with E-state index in [1.54, 1.807) is 12.1 Å². The van der Waals surface area contributed by atoms with Crippen molar-refractivity contribution in [2.24, 2.45) is 0 Å². The quantitative estimate of drug-likeness (QED) is 0.520. The molecule has 0 saturated carbocycles. The summed E-state index contributed by atoms with van der Waals surface area (Å²) < 4.78 is 38.6. The topological polar surface area (TPSA) is 64.8 Å². The molecule has 1 fully saturated rings. The Balaban J connectivity index is 1.24. The highest BCUT2D eigenvalue weighted by Gasteiger charge is 2.28. The second-order valence-electron chi connectivity index (χ2n) is 9.44. The van der Waals surface area contributed by atoms with E-state index in [1.165, 1.54) is 34.6 Å². The number of benzene rings is 2. The Hall–Kier alpha value is -3.44. The van der Waals surface area contributed by atoms with Crippen molar-refractivity contribution in [3.63, 3.8) is 0 Å². The Morgan fingerprint density at radius 3 is 2.69 bits per heavy atom. The van der Waals surface area contributed by atoms with E-state index < -0.39 is 12.6 Å². The fraction of sp³-hybridized carbons (Fsp3) is 0.370. The van der Waals surface area contributed by atoms with Gasteiger partial charge in [-0.2, -0.15) is 18.4 Å². The smallest absolute Gasteiger partial charge is 0.367 e. The zero-order valence-corrected chi connectivity index (χ0v) is 19.5. The number of allylic oxidation sites excluding steroid dienone is 1. The summed E-state index contributed by atoms with van der Waals surface area (Å²) in [6.45, 7) is 4.82. The third-order valence-corrected chi connectivity index (χ3v) is 6.99. The lowest BCUT2D eigenvalue weighted by Gasteiger charge is -2.33. The second-order valence-corrected chi connectivity index (χ2v) is 9.44. The minimum atomic E-state index is -4.25. The first-order valence-corrected chi connectivity index (χ1v) is 11.8. The molecule has 0 spiro atoms. The van der Waals surface area contributed by atoms with Crippen LogP contribution in [-0.4, -0.2) is 40.2 Å². The van der Waals surface area contributed by atoms with Gasteiger partial charge in [0.05, 0.1) is 18.0 Å². The van der Waals surface area contributed by atoms with Crippen molar-refractivity contribution in [2.45, 2.75) is 51.4 Å². The lowest BCUT2D eigenvalue weighted by Crippen LogP contribution is -2.39. The molecule has 8 heteroatoms. The van der Waals surface area contributed by atoms with E-state index in [4.69, 9.17) is 0 Å². The number of hydrogen-bond donors (Lipinski definition) is 1. The van der Waals surface area contributed by atoms with E-state index >= 15 is 0 Å². The minimum absolute atomic E-state index is 0.192. The largest absolute Gasteiger partial charge is 0.393 e. The molecule has 1 saturated heterocycles. The number of halogens is 3. The first kappa shape index (κ1) is 23.3. The molecule has 2 aliphatic rings. The Morgan fingerprint density at radius 1 is 1.14 bits per heavy atom. The molecule has 3 aromatic rings. The van der Waals surface area contributed by atoms with Crippen LogP contribution in [0.3, 0.4) is 0 Å². The van der Waals surface area contributed by atoms with E-state index in [1.807, 2.05) is 6.08 Å². The highest BCUT2D eigenvalue weighted by Crippen LogP contribution is 2.31. The Morgan fingerprint density at radius 2 is 1.94 bits per heavy atom. The molecule has 0 unspecified atom stereocenters. The predicted octanol–water partition coefficient (Wildman–Crippen LogP) is 5.58. The predicted molar refractivity (Wildman–Crippen MR) is 130 cm³/mol. The molecule has 180 valence electrons. The molecule has 0 atom stereocenters. The molecule has 5 nitrogen and oxygen atoms in total. The maximum atomic E-state index is 12.9. The summed E-state index contributed by atoms with van der Waals surface area (Å²) in [5, 5.41) is 13.3. The second kappa shape index (κ2) is 9.31.